The molecule has 0 unspecified atom stereocenters. The van der Waals surface area contributed by atoms with Gasteiger partial charge >= 0.3 is 0 Å². The Balaban J connectivity index is 0. The fraction of sp³-hybridized carbons (Fsp3) is 0.875. The molecule has 0 aromatic carbocycles. The van der Waals surface area contributed by atoms with Crippen LogP contribution in [0.1, 0.15) is 27.7 Å². The fourth-order valence-electron chi connectivity index (χ4n) is 0.536. The van der Waals surface area contributed by atoms with Crippen LogP contribution in [0.4, 0.5) is 0 Å². The summed E-state index contributed by atoms with van der Waals surface area (Å²) < 4.78 is 0. The molecule has 0 aliphatic rings. The third kappa shape index (κ3) is 8.02. The Labute approximate surface area is 85.8 Å². The van der Waals surface area contributed by atoms with E-state index in [0.717, 1.165) is 0 Å². The number of carbonyl (C=O) groups is 1. The zero-order valence-corrected chi connectivity index (χ0v) is 9.49. The van der Waals surface area contributed by atoms with E-state index in [1.165, 1.54) is 0 Å². The van der Waals surface area contributed by atoms with Crippen molar-refractivity contribution in [3.63, 3.8) is 0 Å². The second-order valence-corrected chi connectivity index (χ2v) is 4.39. The number of hydrogen-bond donors (Lipinski definition) is 3. The minimum atomic E-state index is -0.828. The molecule has 0 aromatic rings. The van der Waals surface area contributed by atoms with Crippen LogP contribution in [0.3, 0.4) is 0 Å². The van der Waals surface area contributed by atoms with Crippen LogP contribution in [0.25, 0.3) is 0 Å². The molecule has 0 atom stereocenters. The molecule has 4 nitrogen and oxygen atoms in total. The molecule has 0 aliphatic carbocycles. The number of nitrogens with two attached hydrogens (primary N) is 2. The highest BCUT2D eigenvalue weighted by molar-refractivity contribution is 5.85. The normalized spacial score (nSPS) is 11.8. The zero-order valence-electron chi connectivity index (χ0n) is 8.68. The maximum Gasteiger partial charge on any atom is 0.239 e. The van der Waals surface area contributed by atoms with E-state index in [1.54, 1.807) is 13.8 Å². The van der Waals surface area contributed by atoms with E-state index < -0.39 is 5.54 Å². The van der Waals surface area contributed by atoms with Crippen molar-refractivity contribution < 1.29 is 4.79 Å². The van der Waals surface area contributed by atoms with Crippen LogP contribution in [0.15, 0.2) is 0 Å². The topological polar surface area (TPSA) is 81.1 Å². The largest absolute Gasteiger partial charge is 0.353 e. The van der Waals surface area contributed by atoms with Crippen molar-refractivity contribution in [1.29, 1.82) is 0 Å². The Hall–Kier alpha value is -0.320. The van der Waals surface area contributed by atoms with Crippen molar-refractivity contribution >= 4 is 18.3 Å². The third-order valence-corrected chi connectivity index (χ3v) is 1.29. The van der Waals surface area contributed by atoms with Crippen LogP contribution in [0.5, 0.6) is 0 Å². The van der Waals surface area contributed by atoms with Gasteiger partial charge in [0, 0.05) is 12.1 Å². The summed E-state index contributed by atoms with van der Waals surface area (Å²) in [5.74, 6) is -0.180. The van der Waals surface area contributed by atoms with Crippen LogP contribution >= 0.6 is 12.4 Å². The lowest BCUT2D eigenvalue weighted by molar-refractivity contribution is -0.125. The van der Waals surface area contributed by atoms with Gasteiger partial charge in [-0.05, 0) is 27.7 Å². The predicted octanol–water partition coefficient (Wildman–Crippen LogP) is -0.001000. The fourth-order valence-corrected chi connectivity index (χ4v) is 0.536. The lowest BCUT2D eigenvalue weighted by Gasteiger charge is -2.23. The molecule has 5 heteroatoms. The molecule has 0 aromatic heterocycles. The maximum atomic E-state index is 11.2. The zero-order chi connectivity index (χ0) is 9.99. The average Bonchev–Trinajstić information content (AvgIpc) is 1.78. The van der Waals surface area contributed by atoms with Gasteiger partial charge in [0.15, 0.2) is 0 Å². The van der Waals surface area contributed by atoms with Crippen LogP contribution < -0.4 is 16.8 Å². The molecule has 1 amide bonds. The minimum Gasteiger partial charge on any atom is -0.353 e. The smallest absolute Gasteiger partial charge is 0.239 e. The van der Waals surface area contributed by atoms with Crippen molar-refractivity contribution in [2.45, 2.75) is 38.8 Å². The Morgan fingerprint density at radius 2 is 1.62 bits per heavy atom. The average molecular weight is 210 g/mol. The van der Waals surface area contributed by atoms with E-state index in [2.05, 4.69) is 5.32 Å². The van der Waals surface area contributed by atoms with E-state index in [1.807, 2.05) is 13.8 Å². The Morgan fingerprint density at radius 1 is 1.23 bits per heavy atom. The predicted molar refractivity (Wildman–Crippen MR) is 56.8 cm³/mol. The highest BCUT2D eigenvalue weighted by Crippen LogP contribution is 1.98. The van der Waals surface area contributed by atoms with E-state index >= 15 is 0 Å². The molecule has 13 heavy (non-hydrogen) atoms. The Kier molecular flexibility index (Phi) is 5.59. The highest BCUT2D eigenvalue weighted by atomic mass is 35.5. The van der Waals surface area contributed by atoms with E-state index in [-0.39, 0.29) is 23.9 Å². The first-order chi connectivity index (χ1) is 5.13. The van der Waals surface area contributed by atoms with Crippen LogP contribution in [-0.4, -0.2) is 23.5 Å². The summed E-state index contributed by atoms with van der Waals surface area (Å²) in [6, 6.07) is 0. The standard InChI is InChI=1S/C8H19N3O.ClH/c1-7(2,9)5-11-6(12)8(3,4)10;/h5,9-10H2,1-4H3,(H,11,12);1H. The lowest BCUT2D eigenvalue weighted by Crippen LogP contribution is -2.54. The van der Waals surface area contributed by atoms with Gasteiger partial charge in [-0.3, -0.25) is 4.79 Å². The highest BCUT2D eigenvalue weighted by Gasteiger charge is 2.23. The van der Waals surface area contributed by atoms with E-state index in [0.29, 0.717) is 6.54 Å². The molecular formula is C8H20ClN3O. The first-order valence-electron chi connectivity index (χ1n) is 3.99. The third-order valence-electron chi connectivity index (χ3n) is 1.29. The number of carbonyl (C=O) groups excluding carboxylic acids is 1. The molecule has 0 rings (SSSR count). The molecule has 0 saturated carbocycles. The summed E-state index contributed by atoms with van der Waals surface area (Å²) >= 11 is 0. The van der Waals surface area contributed by atoms with Crippen molar-refractivity contribution in [2.24, 2.45) is 11.5 Å². The number of amides is 1. The van der Waals surface area contributed by atoms with E-state index in [9.17, 15) is 4.79 Å². The SMILES string of the molecule is CC(C)(N)CNC(=O)C(C)(C)N.Cl. The van der Waals surface area contributed by atoms with Gasteiger partial charge in [-0.1, -0.05) is 0 Å². The van der Waals surface area contributed by atoms with Crippen molar-refractivity contribution in [3.8, 4) is 0 Å². The minimum absolute atomic E-state index is 0. The summed E-state index contributed by atoms with van der Waals surface area (Å²) in [7, 11) is 0. The molecule has 0 saturated heterocycles. The second kappa shape index (κ2) is 4.79. The van der Waals surface area contributed by atoms with Gasteiger partial charge in [-0.15, -0.1) is 12.4 Å². The first-order valence-corrected chi connectivity index (χ1v) is 3.99. The molecule has 0 radical (unpaired) electrons. The summed E-state index contributed by atoms with van der Waals surface area (Å²) in [6.07, 6.45) is 0. The molecule has 0 fully saturated rings. The Bertz CT molecular complexity index is 169. The number of halogens is 1. The van der Waals surface area contributed by atoms with Crippen molar-refractivity contribution in [3.05, 3.63) is 0 Å². The number of hydrogen-bond acceptors (Lipinski definition) is 3. The van der Waals surface area contributed by atoms with Crippen molar-refractivity contribution in [2.75, 3.05) is 6.54 Å². The first kappa shape index (κ1) is 15.2. The molecule has 0 spiro atoms. The molecule has 0 aliphatic heterocycles. The lowest BCUT2D eigenvalue weighted by atomic mass is 10.0. The van der Waals surface area contributed by atoms with Gasteiger partial charge in [-0.25, -0.2) is 0 Å². The van der Waals surface area contributed by atoms with Crippen LogP contribution in [0.2, 0.25) is 0 Å². The van der Waals surface area contributed by atoms with Gasteiger partial charge in [0.2, 0.25) is 5.91 Å². The Morgan fingerprint density at radius 3 is 1.85 bits per heavy atom. The van der Waals surface area contributed by atoms with Gasteiger partial charge < -0.3 is 16.8 Å². The second-order valence-electron chi connectivity index (χ2n) is 4.39. The molecule has 5 N–H and O–H groups in total. The number of rotatable bonds is 3. The summed E-state index contributed by atoms with van der Waals surface area (Å²) in [5.41, 5.74) is 10.0. The number of nitrogens with one attached hydrogen (secondary N) is 1. The van der Waals surface area contributed by atoms with Crippen LogP contribution in [0, 0.1) is 0 Å². The molecule has 80 valence electrons. The van der Waals surface area contributed by atoms with E-state index in [4.69, 9.17) is 11.5 Å². The van der Waals surface area contributed by atoms with Gasteiger partial charge in [0.05, 0.1) is 5.54 Å². The van der Waals surface area contributed by atoms with Crippen LogP contribution in [-0.2, 0) is 4.79 Å². The maximum absolute atomic E-state index is 11.2. The monoisotopic (exact) mass is 209 g/mol. The quantitative estimate of drug-likeness (QED) is 0.612. The molecule has 0 heterocycles. The summed E-state index contributed by atoms with van der Waals surface area (Å²) in [4.78, 5) is 11.2. The van der Waals surface area contributed by atoms with Gasteiger partial charge in [0.25, 0.3) is 0 Å². The van der Waals surface area contributed by atoms with Gasteiger partial charge in [-0.2, -0.15) is 0 Å². The van der Waals surface area contributed by atoms with Gasteiger partial charge in [0.1, 0.15) is 0 Å². The van der Waals surface area contributed by atoms with Crippen molar-refractivity contribution in [1.82, 2.24) is 5.32 Å². The molecule has 0 bridgehead atoms. The summed E-state index contributed by atoms with van der Waals surface area (Å²) in [6.45, 7) is 7.44. The summed E-state index contributed by atoms with van der Waals surface area (Å²) in [5, 5.41) is 2.67. The molecular weight excluding hydrogens is 190 g/mol.